The van der Waals surface area contributed by atoms with Gasteiger partial charge >= 0.3 is 0 Å². The van der Waals surface area contributed by atoms with E-state index >= 15 is 0 Å². The quantitative estimate of drug-likeness (QED) is 0.754. The number of likely N-dealkylation sites (tertiary alicyclic amines) is 1. The summed E-state index contributed by atoms with van der Waals surface area (Å²) in [4.78, 5) is 14.6. The van der Waals surface area contributed by atoms with Crippen LogP contribution in [0.25, 0.3) is 0 Å². The van der Waals surface area contributed by atoms with Crippen molar-refractivity contribution in [3.8, 4) is 5.75 Å². The first kappa shape index (κ1) is 17.0. The zero-order valence-electron chi connectivity index (χ0n) is 13.4. The fourth-order valence-electron chi connectivity index (χ4n) is 3.06. The molecule has 0 bridgehead atoms. The van der Waals surface area contributed by atoms with E-state index in [4.69, 9.17) is 4.74 Å². The Morgan fingerprint density at radius 3 is 2.54 bits per heavy atom. The largest absolute Gasteiger partial charge is 0.481 e. The number of halogens is 2. The van der Waals surface area contributed by atoms with Crippen molar-refractivity contribution in [2.45, 2.75) is 31.9 Å². The van der Waals surface area contributed by atoms with Gasteiger partial charge in [-0.2, -0.15) is 0 Å². The van der Waals surface area contributed by atoms with Gasteiger partial charge in [0.2, 0.25) is 0 Å². The highest BCUT2D eigenvalue weighted by Crippen LogP contribution is 2.33. The van der Waals surface area contributed by atoms with Gasteiger partial charge in [-0.1, -0.05) is 28.1 Å². The minimum Gasteiger partial charge on any atom is -0.481 e. The molecule has 1 amide bonds. The molecule has 5 heteroatoms. The molecule has 0 aromatic heterocycles. The molecule has 24 heavy (non-hydrogen) atoms. The summed E-state index contributed by atoms with van der Waals surface area (Å²) >= 11 is 3.38. The molecular formula is C19H19BrFNO2. The lowest BCUT2D eigenvalue weighted by atomic mass is 10.0. The third-order valence-electron chi connectivity index (χ3n) is 4.26. The molecule has 1 aliphatic heterocycles. The van der Waals surface area contributed by atoms with Crippen LogP contribution in [0.4, 0.5) is 4.39 Å². The molecule has 1 heterocycles. The number of carbonyl (C=O) groups excluding carboxylic acids is 1. The number of hydrogen-bond donors (Lipinski definition) is 0. The van der Waals surface area contributed by atoms with Gasteiger partial charge in [-0.25, -0.2) is 4.39 Å². The second-order valence-electron chi connectivity index (χ2n) is 5.96. The van der Waals surface area contributed by atoms with Gasteiger partial charge in [0, 0.05) is 11.0 Å². The number of rotatable bonds is 4. The zero-order chi connectivity index (χ0) is 17.1. The number of benzene rings is 2. The van der Waals surface area contributed by atoms with E-state index in [-0.39, 0.29) is 17.8 Å². The average molecular weight is 392 g/mol. The lowest BCUT2D eigenvalue weighted by Crippen LogP contribution is -2.40. The highest BCUT2D eigenvalue weighted by atomic mass is 79.9. The van der Waals surface area contributed by atoms with Crippen molar-refractivity contribution in [3.05, 3.63) is 64.4 Å². The molecule has 0 aliphatic carbocycles. The Labute approximate surface area is 149 Å². The summed E-state index contributed by atoms with van der Waals surface area (Å²) in [5.74, 6) is 0.364. The van der Waals surface area contributed by atoms with E-state index in [1.807, 2.05) is 29.2 Å². The van der Waals surface area contributed by atoms with Crippen LogP contribution < -0.4 is 4.74 Å². The summed E-state index contributed by atoms with van der Waals surface area (Å²) < 4.78 is 19.9. The fourth-order valence-corrected chi connectivity index (χ4v) is 3.33. The van der Waals surface area contributed by atoms with Gasteiger partial charge in [-0.05, 0) is 61.7 Å². The first-order valence-corrected chi connectivity index (χ1v) is 8.82. The summed E-state index contributed by atoms with van der Waals surface area (Å²) in [5.41, 5.74) is 0.970. The molecule has 0 spiro atoms. The van der Waals surface area contributed by atoms with Crippen LogP contribution in [0.5, 0.6) is 5.75 Å². The van der Waals surface area contributed by atoms with Gasteiger partial charge in [-0.15, -0.1) is 0 Å². The Kier molecular flexibility index (Phi) is 5.19. The number of amides is 1. The first-order chi connectivity index (χ1) is 11.5. The summed E-state index contributed by atoms with van der Waals surface area (Å²) in [7, 11) is 0. The third-order valence-corrected chi connectivity index (χ3v) is 4.79. The van der Waals surface area contributed by atoms with E-state index in [1.165, 1.54) is 12.1 Å². The van der Waals surface area contributed by atoms with Crippen LogP contribution in [0.3, 0.4) is 0 Å². The Hall–Kier alpha value is -1.88. The van der Waals surface area contributed by atoms with Gasteiger partial charge in [0.1, 0.15) is 11.6 Å². The SMILES string of the molecule is CC(Oc1ccc(Br)cc1)C(=O)N1CCCC1c1ccc(F)cc1. The van der Waals surface area contributed by atoms with Gasteiger partial charge in [0.15, 0.2) is 6.10 Å². The van der Waals surface area contributed by atoms with Gasteiger partial charge in [0.05, 0.1) is 6.04 Å². The molecule has 2 atom stereocenters. The summed E-state index contributed by atoms with van der Waals surface area (Å²) in [6, 6.07) is 13.8. The van der Waals surface area contributed by atoms with E-state index in [9.17, 15) is 9.18 Å². The van der Waals surface area contributed by atoms with Crippen LogP contribution in [0.1, 0.15) is 31.4 Å². The van der Waals surface area contributed by atoms with Crippen molar-refractivity contribution in [3.63, 3.8) is 0 Å². The lowest BCUT2D eigenvalue weighted by molar-refractivity contribution is -0.138. The molecular weight excluding hydrogens is 373 g/mol. The number of hydrogen-bond acceptors (Lipinski definition) is 2. The molecule has 1 aliphatic rings. The van der Waals surface area contributed by atoms with Crippen LogP contribution in [-0.4, -0.2) is 23.5 Å². The highest BCUT2D eigenvalue weighted by molar-refractivity contribution is 9.10. The second kappa shape index (κ2) is 7.34. The summed E-state index contributed by atoms with van der Waals surface area (Å²) in [6.45, 7) is 2.47. The van der Waals surface area contributed by atoms with Crippen molar-refractivity contribution in [1.82, 2.24) is 4.90 Å². The molecule has 3 nitrogen and oxygen atoms in total. The highest BCUT2D eigenvalue weighted by Gasteiger charge is 2.33. The van der Waals surface area contributed by atoms with E-state index in [1.54, 1.807) is 19.1 Å². The summed E-state index contributed by atoms with van der Waals surface area (Å²) in [6.07, 6.45) is 1.27. The third kappa shape index (κ3) is 3.78. The molecule has 2 aromatic rings. The second-order valence-corrected chi connectivity index (χ2v) is 6.87. The normalized spacial score (nSPS) is 18.5. The van der Waals surface area contributed by atoms with E-state index in [2.05, 4.69) is 15.9 Å². The number of ether oxygens (including phenoxy) is 1. The minimum absolute atomic E-state index is 0.00549. The smallest absolute Gasteiger partial charge is 0.263 e. The van der Waals surface area contributed by atoms with Crippen molar-refractivity contribution < 1.29 is 13.9 Å². The molecule has 0 N–H and O–H groups in total. The van der Waals surface area contributed by atoms with Crippen LogP contribution in [0.2, 0.25) is 0 Å². The standard InChI is InChI=1S/C19H19BrFNO2/c1-13(24-17-10-6-15(20)7-11-17)19(23)22-12-2-3-18(22)14-4-8-16(21)9-5-14/h4-11,13,18H,2-3,12H2,1H3. The van der Waals surface area contributed by atoms with E-state index < -0.39 is 6.10 Å². The van der Waals surface area contributed by atoms with Crippen molar-refractivity contribution in [1.29, 1.82) is 0 Å². The predicted octanol–water partition coefficient (Wildman–Crippen LogP) is 4.72. The van der Waals surface area contributed by atoms with E-state index in [0.717, 1.165) is 22.9 Å². The van der Waals surface area contributed by atoms with Gasteiger partial charge < -0.3 is 9.64 Å². The molecule has 1 saturated heterocycles. The van der Waals surface area contributed by atoms with Gasteiger partial charge in [0.25, 0.3) is 5.91 Å². The van der Waals surface area contributed by atoms with E-state index in [0.29, 0.717) is 12.3 Å². The monoisotopic (exact) mass is 391 g/mol. The maximum Gasteiger partial charge on any atom is 0.263 e. The Balaban J connectivity index is 1.70. The predicted molar refractivity (Wildman–Crippen MR) is 94.3 cm³/mol. The Morgan fingerprint density at radius 2 is 1.88 bits per heavy atom. The average Bonchev–Trinajstić information content (AvgIpc) is 3.06. The van der Waals surface area contributed by atoms with Gasteiger partial charge in [-0.3, -0.25) is 4.79 Å². The Morgan fingerprint density at radius 1 is 1.21 bits per heavy atom. The van der Waals surface area contributed by atoms with Crippen molar-refractivity contribution in [2.75, 3.05) is 6.54 Å². The minimum atomic E-state index is -0.563. The molecule has 3 rings (SSSR count). The first-order valence-electron chi connectivity index (χ1n) is 8.03. The van der Waals surface area contributed by atoms with Crippen molar-refractivity contribution >= 4 is 21.8 Å². The van der Waals surface area contributed by atoms with Crippen LogP contribution >= 0.6 is 15.9 Å². The summed E-state index contributed by atoms with van der Waals surface area (Å²) in [5, 5.41) is 0. The molecule has 0 saturated carbocycles. The maximum absolute atomic E-state index is 13.1. The molecule has 126 valence electrons. The molecule has 0 radical (unpaired) electrons. The maximum atomic E-state index is 13.1. The fraction of sp³-hybridized carbons (Fsp3) is 0.316. The molecule has 2 unspecified atom stereocenters. The van der Waals surface area contributed by atoms with Crippen LogP contribution in [-0.2, 0) is 4.79 Å². The number of nitrogens with zero attached hydrogens (tertiary/aromatic N) is 1. The van der Waals surface area contributed by atoms with Crippen molar-refractivity contribution in [2.24, 2.45) is 0 Å². The lowest BCUT2D eigenvalue weighted by Gasteiger charge is -2.28. The molecule has 2 aromatic carbocycles. The molecule has 1 fully saturated rings. The van der Waals surface area contributed by atoms with Crippen LogP contribution in [0.15, 0.2) is 53.0 Å². The topological polar surface area (TPSA) is 29.5 Å². The Bertz CT molecular complexity index is 702. The number of carbonyl (C=O) groups is 1. The zero-order valence-corrected chi connectivity index (χ0v) is 15.0. The van der Waals surface area contributed by atoms with Crippen LogP contribution in [0, 0.1) is 5.82 Å².